The molecule has 0 aromatic heterocycles. The lowest BCUT2D eigenvalue weighted by Crippen LogP contribution is -2.26. The Bertz CT molecular complexity index is 316. The molecule has 1 saturated heterocycles. The van der Waals surface area contributed by atoms with Crippen molar-refractivity contribution in [3.8, 4) is 0 Å². The van der Waals surface area contributed by atoms with Crippen molar-refractivity contribution in [2.24, 2.45) is 0 Å². The molecule has 0 amide bonds. The Morgan fingerprint density at radius 1 is 1.29 bits per heavy atom. The highest BCUT2D eigenvalue weighted by Gasteiger charge is 2.15. The smallest absolute Gasteiger partial charge is 0.0159 e. The first-order chi connectivity index (χ1) is 6.77. The quantitative estimate of drug-likeness (QED) is 0.786. The first-order valence-electron chi connectivity index (χ1n) is 5.24. The third-order valence-corrected chi connectivity index (χ3v) is 4.20. The number of rotatable bonds is 1. The molecule has 1 fully saturated rings. The maximum atomic E-state index is 3.41. The van der Waals surface area contributed by atoms with Gasteiger partial charge < -0.3 is 5.32 Å². The van der Waals surface area contributed by atoms with E-state index in [2.05, 4.69) is 53.0 Å². The molecule has 76 valence electrons. The summed E-state index contributed by atoms with van der Waals surface area (Å²) in [7, 11) is 0. The van der Waals surface area contributed by atoms with Crippen LogP contribution in [0.4, 0.5) is 0 Å². The highest BCUT2D eigenvalue weighted by Crippen LogP contribution is 2.26. The van der Waals surface area contributed by atoms with E-state index in [9.17, 15) is 0 Å². The molecule has 1 aromatic carbocycles. The van der Waals surface area contributed by atoms with Crippen LogP contribution in [0.15, 0.2) is 18.2 Å². The maximum absolute atomic E-state index is 3.41. The zero-order valence-electron chi connectivity index (χ0n) is 8.52. The summed E-state index contributed by atoms with van der Waals surface area (Å²) < 4.78 is 1.38. The lowest BCUT2D eigenvalue weighted by atomic mass is 9.89. The highest BCUT2D eigenvalue weighted by molar-refractivity contribution is 14.1. The minimum Gasteiger partial charge on any atom is -0.317 e. The Hall–Kier alpha value is -0.0900. The van der Waals surface area contributed by atoms with Crippen molar-refractivity contribution in [1.29, 1.82) is 0 Å². The number of piperidine rings is 1. The zero-order valence-corrected chi connectivity index (χ0v) is 10.7. The first-order valence-corrected chi connectivity index (χ1v) is 6.32. The molecule has 1 aliphatic rings. The average molecular weight is 301 g/mol. The molecule has 1 heterocycles. The molecule has 0 bridgehead atoms. The van der Waals surface area contributed by atoms with E-state index in [1.54, 1.807) is 0 Å². The fourth-order valence-electron chi connectivity index (χ4n) is 2.08. The van der Waals surface area contributed by atoms with E-state index in [0.29, 0.717) is 0 Å². The van der Waals surface area contributed by atoms with Gasteiger partial charge in [0, 0.05) is 3.57 Å². The van der Waals surface area contributed by atoms with Crippen LogP contribution in [0.2, 0.25) is 0 Å². The molecule has 0 atom stereocenters. The first kappa shape index (κ1) is 10.4. The largest absolute Gasteiger partial charge is 0.317 e. The van der Waals surface area contributed by atoms with E-state index < -0.39 is 0 Å². The second kappa shape index (κ2) is 4.62. The summed E-state index contributed by atoms with van der Waals surface area (Å²) in [6, 6.07) is 6.90. The van der Waals surface area contributed by atoms with E-state index in [-0.39, 0.29) is 0 Å². The van der Waals surface area contributed by atoms with Crippen molar-refractivity contribution in [3.05, 3.63) is 32.9 Å². The van der Waals surface area contributed by atoms with Crippen LogP contribution in [0.25, 0.3) is 0 Å². The summed E-state index contributed by atoms with van der Waals surface area (Å²) in [4.78, 5) is 0. The molecular weight excluding hydrogens is 285 g/mol. The summed E-state index contributed by atoms with van der Waals surface area (Å²) >= 11 is 2.40. The normalized spacial score (nSPS) is 18.4. The fourth-order valence-corrected chi connectivity index (χ4v) is 2.41. The van der Waals surface area contributed by atoms with Gasteiger partial charge >= 0.3 is 0 Å². The van der Waals surface area contributed by atoms with Crippen molar-refractivity contribution >= 4 is 22.6 Å². The second-order valence-electron chi connectivity index (χ2n) is 4.03. The monoisotopic (exact) mass is 301 g/mol. The predicted octanol–water partition coefficient (Wildman–Crippen LogP) is 3.07. The van der Waals surface area contributed by atoms with Crippen molar-refractivity contribution in [1.82, 2.24) is 5.32 Å². The topological polar surface area (TPSA) is 12.0 Å². The van der Waals surface area contributed by atoms with Crippen molar-refractivity contribution < 1.29 is 0 Å². The molecule has 0 spiro atoms. The molecule has 0 aliphatic carbocycles. The minimum absolute atomic E-state index is 0.784. The van der Waals surface area contributed by atoms with Gasteiger partial charge in [-0.15, -0.1) is 0 Å². The summed E-state index contributed by atoms with van der Waals surface area (Å²) in [5.74, 6) is 0.784. The van der Waals surface area contributed by atoms with E-state index >= 15 is 0 Å². The van der Waals surface area contributed by atoms with E-state index in [1.807, 2.05) is 0 Å². The molecular formula is C12H16IN. The summed E-state index contributed by atoms with van der Waals surface area (Å²) in [5, 5.41) is 3.41. The van der Waals surface area contributed by atoms with Gasteiger partial charge in [-0.3, -0.25) is 0 Å². The van der Waals surface area contributed by atoms with E-state index in [0.717, 1.165) is 5.92 Å². The minimum atomic E-state index is 0.784. The van der Waals surface area contributed by atoms with Gasteiger partial charge in [-0.25, -0.2) is 0 Å². The van der Waals surface area contributed by atoms with Gasteiger partial charge in [0.25, 0.3) is 0 Å². The molecule has 1 aliphatic heterocycles. The molecule has 0 saturated carbocycles. The SMILES string of the molecule is Cc1cc(C2CCNCC2)ccc1I. The van der Waals surface area contributed by atoms with Crippen molar-refractivity contribution in [2.45, 2.75) is 25.7 Å². The van der Waals surface area contributed by atoms with Crippen LogP contribution in [0.1, 0.15) is 29.9 Å². The lowest BCUT2D eigenvalue weighted by molar-refractivity contribution is 0.460. The van der Waals surface area contributed by atoms with Gasteiger partial charge in [-0.05, 0) is 78.6 Å². The Morgan fingerprint density at radius 3 is 2.64 bits per heavy atom. The van der Waals surface area contributed by atoms with Gasteiger partial charge in [0.1, 0.15) is 0 Å². The van der Waals surface area contributed by atoms with Crippen molar-refractivity contribution in [2.75, 3.05) is 13.1 Å². The van der Waals surface area contributed by atoms with Gasteiger partial charge in [0.15, 0.2) is 0 Å². The third kappa shape index (κ3) is 2.28. The van der Waals surface area contributed by atoms with Crippen LogP contribution >= 0.6 is 22.6 Å². The Kier molecular flexibility index (Phi) is 3.44. The van der Waals surface area contributed by atoms with Crippen LogP contribution in [0.3, 0.4) is 0 Å². The van der Waals surface area contributed by atoms with Gasteiger partial charge in [-0.1, -0.05) is 12.1 Å². The molecule has 14 heavy (non-hydrogen) atoms. The number of nitrogens with one attached hydrogen (secondary N) is 1. The molecule has 2 rings (SSSR count). The molecule has 1 N–H and O–H groups in total. The molecule has 1 aromatic rings. The molecule has 2 heteroatoms. The standard InChI is InChI=1S/C12H16IN/c1-9-8-11(2-3-12(9)13)10-4-6-14-7-5-10/h2-3,8,10,14H,4-7H2,1H3. The average Bonchev–Trinajstić information content (AvgIpc) is 2.23. The summed E-state index contributed by atoms with van der Waals surface area (Å²) in [5.41, 5.74) is 2.95. The van der Waals surface area contributed by atoms with Gasteiger partial charge in [0.05, 0.1) is 0 Å². The highest BCUT2D eigenvalue weighted by atomic mass is 127. The van der Waals surface area contributed by atoms with E-state index in [1.165, 1.54) is 40.6 Å². The Labute approximate surface area is 99.4 Å². The number of aryl methyl sites for hydroxylation is 1. The Morgan fingerprint density at radius 2 is 2.00 bits per heavy atom. The van der Waals surface area contributed by atoms with Crippen LogP contribution in [-0.2, 0) is 0 Å². The fraction of sp³-hybridized carbons (Fsp3) is 0.500. The van der Waals surface area contributed by atoms with Crippen LogP contribution < -0.4 is 5.32 Å². The van der Waals surface area contributed by atoms with Crippen LogP contribution in [0, 0.1) is 10.5 Å². The van der Waals surface area contributed by atoms with E-state index in [4.69, 9.17) is 0 Å². The number of hydrogen-bond donors (Lipinski definition) is 1. The van der Waals surface area contributed by atoms with Crippen molar-refractivity contribution in [3.63, 3.8) is 0 Å². The zero-order chi connectivity index (χ0) is 9.97. The second-order valence-corrected chi connectivity index (χ2v) is 5.20. The predicted molar refractivity (Wildman–Crippen MR) is 68.7 cm³/mol. The summed E-state index contributed by atoms with van der Waals surface area (Å²) in [6.07, 6.45) is 2.58. The van der Waals surface area contributed by atoms with Crippen LogP contribution in [0.5, 0.6) is 0 Å². The van der Waals surface area contributed by atoms with Gasteiger partial charge in [-0.2, -0.15) is 0 Å². The number of halogens is 1. The lowest BCUT2D eigenvalue weighted by Gasteiger charge is -2.23. The molecule has 0 radical (unpaired) electrons. The third-order valence-electron chi connectivity index (χ3n) is 2.99. The number of hydrogen-bond acceptors (Lipinski definition) is 1. The number of benzene rings is 1. The van der Waals surface area contributed by atoms with Crippen LogP contribution in [-0.4, -0.2) is 13.1 Å². The maximum Gasteiger partial charge on any atom is 0.0159 e. The van der Waals surface area contributed by atoms with Gasteiger partial charge in [0.2, 0.25) is 0 Å². The molecule has 0 unspecified atom stereocenters. The Balaban J connectivity index is 2.18. The molecule has 1 nitrogen and oxygen atoms in total. The summed E-state index contributed by atoms with van der Waals surface area (Å²) in [6.45, 7) is 4.55.